The summed E-state index contributed by atoms with van der Waals surface area (Å²) in [4.78, 5) is 12.3. The van der Waals surface area contributed by atoms with E-state index in [1.807, 2.05) is 60.7 Å². The lowest BCUT2D eigenvalue weighted by Gasteiger charge is -2.50. The fourth-order valence-electron chi connectivity index (χ4n) is 6.21. The van der Waals surface area contributed by atoms with Crippen molar-refractivity contribution in [3.8, 4) is 0 Å². The predicted octanol–water partition coefficient (Wildman–Crippen LogP) is 7.35. The number of rotatable bonds is 3. The number of hydrogen-bond donors (Lipinski definition) is 0. The smallest absolute Gasteiger partial charge is 0.244 e. The molecule has 1 spiro atoms. The molecule has 7 heteroatoms. The Morgan fingerprint density at radius 2 is 1.65 bits per heavy atom. The molecule has 4 nitrogen and oxygen atoms in total. The van der Waals surface area contributed by atoms with E-state index >= 15 is 0 Å². The van der Waals surface area contributed by atoms with Crippen molar-refractivity contribution in [1.82, 2.24) is 4.90 Å². The molecule has 0 aliphatic carbocycles. The summed E-state index contributed by atoms with van der Waals surface area (Å²) < 4.78 is 29.0. The third kappa shape index (κ3) is 4.12. The van der Waals surface area contributed by atoms with Gasteiger partial charge in [0.25, 0.3) is 0 Å². The van der Waals surface area contributed by atoms with Crippen molar-refractivity contribution in [1.29, 1.82) is 0 Å². The van der Waals surface area contributed by atoms with Crippen LogP contribution in [0.15, 0.2) is 119 Å². The standard InChI is InChI=1S/C33H27F2N3OS/c1-37-20-25(17-22-9-7-13-26(34)18-22)33-28(21-37)31(24-12-8-14-27(35)19-24)40-30-16-6-5-15-29(30)38(33)32(36-39-33)23-10-3-2-4-11-23/h2-19,28,31H,20-21H2,1H3/b25-17+/t28-,31-,33+/m0/s1. The number of amidine groups is 1. The molecule has 0 N–H and O–H groups in total. The van der Waals surface area contributed by atoms with Crippen molar-refractivity contribution in [2.24, 2.45) is 11.1 Å². The number of likely N-dealkylation sites (tertiary alicyclic amines) is 1. The number of piperidine rings is 1. The number of thioether (sulfide) groups is 1. The van der Waals surface area contributed by atoms with Crippen molar-refractivity contribution >= 4 is 29.4 Å². The minimum absolute atomic E-state index is 0.147. The van der Waals surface area contributed by atoms with Gasteiger partial charge in [0.2, 0.25) is 5.72 Å². The summed E-state index contributed by atoms with van der Waals surface area (Å²) in [6, 6.07) is 31.8. The second-order valence-corrected chi connectivity index (χ2v) is 11.7. The number of benzene rings is 4. The van der Waals surface area contributed by atoms with E-state index in [1.54, 1.807) is 30.0 Å². The number of nitrogens with zero attached hydrogens (tertiary/aromatic N) is 3. The molecular formula is C33H27F2N3OS. The maximum atomic E-state index is 14.6. The summed E-state index contributed by atoms with van der Waals surface area (Å²) in [5, 5.41) is 4.62. The summed E-state index contributed by atoms with van der Waals surface area (Å²) in [6.45, 7) is 1.29. The molecule has 1 saturated heterocycles. The zero-order valence-corrected chi connectivity index (χ0v) is 22.7. The molecule has 0 aromatic heterocycles. The molecule has 0 radical (unpaired) electrons. The molecular weight excluding hydrogens is 524 g/mol. The Bertz CT molecular complexity index is 1640. The van der Waals surface area contributed by atoms with Gasteiger partial charge in [-0.25, -0.2) is 8.78 Å². The predicted molar refractivity (Wildman–Crippen MR) is 156 cm³/mol. The van der Waals surface area contributed by atoms with Crippen LogP contribution in [0.5, 0.6) is 0 Å². The molecule has 0 saturated carbocycles. The Balaban J connectivity index is 1.51. The average molecular weight is 552 g/mol. The monoisotopic (exact) mass is 551 g/mol. The van der Waals surface area contributed by atoms with Crippen molar-refractivity contribution in [3.05, 3.63) is 137 Å². The van der Waals surface area contributed by atoms with E-state index in [1.165, 1.54) is 18.2 Å². The largest absolute Gasteiger partial charge is 0.359 e. The first-order chi connectivity index (χ1) is 19.5. The topological polar surface area (TPSA) is 28.1 Å². The molecule has 3 heterocycles. The first-order valence-corrected chi connectivity index (χ1v) is 14.2. The van der Waals surface area contributed by atoms with E-state index in [0.29, 0.717) is 18.9 Å². The quantitative estimate of drug-likeness (QED) is 0.266. The maximum absolute atomic E-state index is 14.6. The zero-order valence-electron chi connectivity index (χ0n) is 21.9. The minimum atomic E-state index is -1.01. The molecule has 3 aliphatic rings. The van der Waals surface area contributed by atoms with Crippen LogP contribution in [-0.2, 0) is 4.84 Å². The van der Waals surface area contributed by atoms with Gasteiger partial charge in [0.05, 0.1) is 11.6 Å². The van der Waals surface area contributed by atoms with Crippen LogP contribution in [0.1, 0.15) is 21.9 Å². The van der Waals surface area contributed by atoms with Gasteiger partial charge in [0, 0.05) is 34.4 Å². The Morgan fingerprint density at radius 1 is 0.900 bits per heavy atom. The van der Waals surface area contributed by atoms with Crippen LogP contribution in [0.4, 0.5) is 14.5 Å². The number of halogens is 2. The van der Waals surface area contributed by atoms with Gasteiger partial charge >= 0.3 is 0 Å². The average Bonchev–Trinajstić information content (AvgIpc) is 3.30. The van der Waals surface area contributed by atoms with E-state index in [0.717, 1.165) is 32.8 Å². The third-order valence-corrected chi connectivity index (χ3v) is 9.30. The lowest BCUT2D eigenvalue weighted by molar-refractivity contribution is -0.0596. The molecule has 4 aromatic rings. The normalized spacial score (nSPS) is 24.9. The van der Waals surface area contributed by atoms with Crippen LogP contribution in [0.25, 0.3) is 6.08 Å². The molecule has 200 valence electrons. The highest BCUT2D eigenvalue weighted by atomic mass is 32.2. The summed E-state index contributed by atoms with van der Waals surface area (Å²) in [5.74, 6) is -0.00403. The fraction of sp³-hybridized carbons (Fsp3) is 0.182. The van der Waals surface area contributed by atoms with Crippen LogP contribution < -0.4 is 4.90 Å². The number of para-hydroxylation sites is 1. The van der Waals surface area contributed by atoms with Crippen LogP contribution in [-0.4, -0.2) is 36.6 Å². The van der Waals surface area contributed by atoms with Gasteiger partial charge < -0.3 is 9.74 Å². The molecule has 0 amide bonds. The lowest BCUT2D eigenvalue weighted by Crippen LogP contribution is -2.63. The van der Waals surface area contributed by atoms with E-state index in [2.05, 4.69) is 29.0 Å². The van der Waals surface area contributed by atoms with Crippen LogP contribution in [0.2, 0.25) is 0 Å². The first kappa shape index (κ1) is 25.1. The zero-order chi connectivity index (χ0) is 27.3. The van der Waals surface area contributed by atoms with Crippen molar-refractivity contribution in [2.45, 2.75) is 15.9 Å². The summed E-state index contributed by atoms with van der Waals surface area (Å²) in [7, 11) is 2.08. The second-order valence-electron chi connectivity index (χ2n) is 10.5. The first-order valence-electron chi connectivity index (χ1n) is 13.3. The number of anilines is 1. The van der Waals surface area contributed by atoms with Gasteiger partial charge in [-0.3, -0.25) is 4.90 Å². The van der Waals surface area contributed by atoms with Crippen LogP contribution in [0, 0.1) is 17.6 Å². The Hall–Kier alpha value is -3.94. The molecule has 7 rings (SSSR count). The summed E-state index contributed by atoms with van der Waals surface area (Å²) in [6.07, 6.45) is 2.03. The number of oxime groups is 1. The van der Waals surface area contributed by atoms with E-state index in [-0.39, 0.29) is 22.8 Å². The fourth-order valence-corrected chi connectivity index (χ4v) is 7.64. The lowest BCUT2D eigenvalue weighted by atomic mass is 9.77. The van der Waals surface area contributed by atoms with Crippen LogP contribution >= 0.6 is 11.8 Å². The van der Waals surface area contributed by atoms with E-state index < -0.39 is 5.72 Å². The van der Waals surface area contributed by atoms with Crippen LogP contribution in [0.3, 0.4) is 0 Å². The highest BCUT2D eigenvalue weighted by Crippen LogP contribution is 2.59. The van der Waals surface area contributed by atoms with Gasteiger partial charge in [-0.1, -0.05) is 71.9 Å². The molecule has 4 aromatic carbocycles. The molecule has 3 aliphatic heterocycles. The highest BCUT2D eigenvalue weighted by molar-refractivity contribution is 7.99. The van der Waals surface area contributed by atoms with Gasteiger partial charge in [-0.05, 0) is 60.6 Å². The Morgan fingerprint density at radius 3 is 2.45 bits per heavy atom. The Kier molecular flexibility index (Phi) is 6.21. The molecule has 0 unspecified atom stereocenters. The van der Waals surface area contributed by atoms with Gasteiger partial charge in [0.15, 0.2) is 5.84 Å². The van der Waals surface area contributed by atoms with Gasteiger partial charge in [-0.15, -0.1) is 11.8 Å². The molecule has 40 heavy (non-hydrogen) atoms. The van der Waals surface area contributed by atoms with Crippen molar-refractivity contribution < 1.29 is 13.6 Å². The third-order valence-electron chi connectivity index (χ3n) is 7.85. The molecule has 3 atom stereocenters. The SMILES string of the molecule is CN1C/C(=C\c2cccc(F)c2)[C@]23ON=C(c4ccccc4)N2c2ccccc2S[C@@H](c2cccc(F)c2)[C@@H]3C1. The second kappa shape index (κ2) is 9.91. The number of hydrogen-bond acceptors (Lipinski definition) is 5. The number of fused-ring (bicyclic) bond motifs is 2. The summed E-state index contributed by atoms with van der Waals surface area (Å²) in [5.41, 5.74) is 3.51. The maximum Gasteiger partial charge on any atom is 0.244 e. The van der Waals surface area contributed by atoms with E-state index in [4.69, 9.17) is 9.99 Å². The van der Waals surface area contributed by atoms with Crippen molar-refractivity contribution in [2.75, 3.05) is 25.0 Å². The number of likely N-dealkylation sites (N-methyl/N-ethyl adjacent to an activating group) is 1. The highest BCUT2D eigenvalue weighted by Gasteiger charge is 2.62. The molecule has 1 fully saturated rings. The minimum Gasteiger partial charge on any atom is -0.359 e. The van der Waals surface area contributed by atoms with E-state index in [9.17, 15) is 8.78 Å². The van der Waals surface area contributed by atoms with Crippen molar-refractivity contribution in [3.63, 3.8) is 0 Å². The molecule has 0 bridgehead atoms. The van der Waals surface area contributed by atoms with Gasteiger partial charge in [0.1, 0.15) is 11.6 Å². The summed E-state index contributed by atoms with van der Waals surface area (Å²) >= 11 is 1.73. The van der Waals surface area contributed by atoms with Gasteiger partial charge in [-0.2, -0.15) is 0 Å². The Labute approximate surface area is 236 Å².